The molecule has 1 atom stereocenters. The highest BCUT2D eigenvalue weighted by Crippen LogP contribution is 2.42. The van der Waals surface area contributed by atoms with Crippen molar-refractivity contribution in [2.45, 2.75) is 19.9 Å². The number of aliphatic hydroxyl groups is 1. The van der Waals surface area contributed by atoms with Crippen LogP contribution < -0.4 is 14.2 Å². The lowest BCUT2D eigenvalue weighted by molar-refractivity contribution is -0.140. The summed E-state index contributed by atoms with van der Waals surface area (Å²) in [4.78, 5) is 30.5. The van der Waals surface area contributed by atoms with Crippen LogP contribution in [0.25, 0.3) is 5.76 Å². The van der Waals surface area contributed by atoms with Crippen molar-refractivity contribution in [3.63, 3.8) is 0 Å². The van der Waals surface area contributed by atoms with Gasteiger partial charge in [0.1, 0.15) is 11.5 Å². The minimum atomic E-state index is -0.785. The summed E-state index contributed by atoms with van der Waals surface area (Å²) in [5, 5.41) is 11.4. The number of nitrogens with zero attached hydrogens (tertiary/aromatic N) is 2. The molecule has 2 aromatic rings. The van der Waals surface area contributed by atoms with Gasteiger partial charge < -0.3 is 29.0 Å². The van der Waals surface area contributed by atoms with Gasteiger partial charge >= 0.3 is 0 Å². The molecular formula is C28H34N2O7. The molecular weight excluding hydrogens is 476 g/mol. The molecule has 0 radical (unpaired) electrons. The SMILES string of the molecule is CCOc1ccc([C@H]2/C(=C(\O)c3ccc(OC)cc3C)C(=O)C(=O)N2CCN2CCOCC2)cc1OC. The molecule has 1 N–H and O–H groups in total. The van der Waals surface area contributed by atoms with Gasteiger partial charge in [-0.2, -0.15) is 0 Å². The van der Waals surface area contributed by atoms with E-state index in [0.717, 1.165) is 18.7 Å². The summed E-state index contributed by atoms with van der Waals surface area (Å²) in [7, 11) is 3.10. The molecule has 2 aromatic carbocycles. The molecule has 2 heterocycles. The summed E-state index contributed by atoms with van der Waals surface area (Å²) in [5.74, 6) is 0.105. The van der Waals surface area contributed by atoms with Gasteiger partial charge in [-0.15, -0.1) is 0 Å². The fourth-order valence-electron chi connectivity index (χ4n) is 4.83. The number of ketones is 1. The van der Waals surface area contributed by atoms with Crippen LogP contribution in [0.4, 0.5) is 0 Å². The number of carbonyl (C=O) groups is 2. The van der Waals surface area contributed by atoms with E-state index in [1.54, 1.807) is 43.5 Å². The highest BCUT2D eigenvalue weighted by Gasteiger charge is 2.46. The molecule has 37 heavy (non-hydrogen) atoms. The standard InChI is InChI=1S/C28H34N2O7/c1-5-37-22-9-6-19(17-23(22)35-4)25-24(26(31)21-8-7-20(34-3)16-18(21)2)27(32)28(33)30(25)11-10-29-12-14-36-15-13-29/h6-9,16-17,25,31H,5,10-15H2,1-4H3/b26-24+/t25-/m0/s1. The number of methoxy groups -OCH3 is 2. The van der Waals surface area contributed by atoms with Crippen LogP contribution in [0, 0.1) is 6.92 Å². The number of hydrogen-bond acceptors (Lipinski definition) is 8. The van der Waals surface area contributed by atoms with Crippen molar-refractivity contribution in [1.82, 2.24) is 9.80 Å². The molecule has 2 saturated heterocycles. The van der Waals surface area contributed by atoms with Gasteiger partial charge in [0.05, 0.1) is 45.7 Å². The van der Waals surface area contributed by atoms with Gasteiger partial charge in [-0.1, -0.05) is 6.07 Å². The van der Waals surface area contributed by atoms with E-state index >= 15 is 0 Å². The molecule has 0 aromatic heterocycles. The zero-order valence-electron chi connectivity index (χ0n) is 21.8. The third-order valence-electron chi connectivity index (χ3n) is 6.79. The normalized spacial score (nSPS) is 19.8. The lowest BCUT2D eigenvalue weighted by atomic mass is 9.93. The lowest BCUT2D eigenvalue weighted by Gasteiger charge is -2.31. The van der Waals surface area contributed by atoms with Crippen LogP contribution in [-0.2, 0) is 14.3 Å². The van der Waals surface area contributed by atoms with Crippen LogP contribution in [0.2, 0.25) is 0 Å². The molecule has 1 amide bonds. The summed E-state index contributed by atoms with van der Waals surface area (Å²) in [6.45, 7) is 7.86. The average Bonchev–Trinajstić information content (AvgIpc) is 3.17. The maximum absolute atomic E-state index is 13.4. The van der Waals surface area contributed by atoms with Crippen molar-refractivity contribution >= 4 is 17.4 Å². The minimum Gasteiger partial charge on any atom is -0.507 e. The molecule has 9 nitrogen and oxygen atoms in total. The Labute approximate surface area is 217 Å². The molecule has 0 unspecified atom stereocenters. The summed E-state index contributed by atoms with van der Waals surface area (Å²) in [5.41, 5.74) is 1.88. The van der Waals surface area contributed by atoms with E-state index in [9.17, 15) is 14.7 Å². The average molecular weight is 511 g/mol. The Hall–Kier alpha value is -3.56. The first-order valence-electron chi connectivity index (χ1n) is 12.4. The predicted molar refractivity (Wildman–Crippen MR) is 138 cm³/mol. The summed E-state index contributed by atoms with van der Waals surface area (Å²) in [6.07, 6.45) is 0. The molecule has 2 aliphatic rings. The summed E-state index contributed by atoms with van der Waals surface area (Å²) >= 11 is 0. The number of carbonyl (C=O) groups excluding carboxylic acids is 2. The zero-order valence-corrected chi connectivity index (χ0v) is 21.8. The van der Waals surface area contributed by atoms with Gasteiger partial charge in [-0.25, -0.2) is 0 Å². The van der Waals surface area contributed by atoms with Crippen LogP contribution in [0.15, 0.2) is 42.0 Å². The fraction of sp³-hybridized carbons (Fsp3) is 0.429. The smallest absolute Gasteiger partial charge is 0.295 e. The Morgan fingerprint density at radius 1 is 1.03 bits per heavy atom. The Morgan fingerprint density at radius 2 is 1.78 bits per heavy atom. The van der Waals surface area contributed by atoms with E-state index in [0.29, 0.717) is 61.3 Å². The summed E-state index contributed by atoms with van der Waals surface area (Å²) < 4.78 is 21.9. The first kappa shape index (κ1) is 26.5. The van der Waals surface area contributed by atoms with Crippen molar-refractivity contribution in [3.8, 4) is 17.2 Å². The van der Waals surface area contributed by atoms with E-state index in [2.05, 4.69) is 4.90 Å². The number of aliphatic hydroxyl groups excluding tert-OH is 1. The zero-order chi connectivity index (χ0) is 26.5. The first-order valence-corrected chi connectivity index (χ1v) is 12.4. The maximum atomic E-state index is 13.4. The number of morpholine rings is 1. The number of rotatable bonds is 9. The van der Waals surface area contributed by atoms with Crippen molar-refractivity contribution in [2.75, 3.05) is 60.2 Å². The quantitative estimate of drug-likeness (QED) is 0.312. The second-order valence-corrected chi connectivity index (χ2v) is 8.97. The molecule has 0 bridgehead atoms. The maximum Gasteiger partial charge on any atom is 0.295 e. The van der Waals surface area contributed by atoms with E-state index in [-0.39, 0.29) is 11.3 Å². The van der Waals surface area contributed by atoms with Crippen LogP contribution >= 0.6 is 0 Å². The van der Waals surface area contributed by atoms with E-state index in [1.807, 2.05) is 13.8 Å². The van der Waals surface area contributed by atoms with Gasteiger partial charge in [0.2, 0.25) is 0 Å². The number of aryl methyl sites for hydroxylation is 1. The monoisotopic (exact) mass is 510 g/mol. The number of amides is 1. The van der Waals surface area contributed by atoms with E-state index in [4.69, 9.17) is 18.9 Å². The lowest BCUT2D eigenvalue weighted by Crippen LogP contribution is -2.42. The third-order valence-corrected chi connectivity index (χ3v) is 6.79. The van der Waals surface area contributed by atoms with E-state index in [1.165, 1.54) is 12.0 Å². The molecule has 4 rings (SSSR count). The molecule has 198 valence electrons. The number of hydrogen-bond donors (Lipinski definition) is 1. The Kier molecular flexibility index (Phi) is 8.35. The second-order valence-electron chi connectivity index (χ2n) is 8.97. The molecule has 2 fully saturated rings. The van der Waals surface area contributed by atoms with Gasteiger partial charge in [0.25, 0.3) is 11.7 Å². The Morgan fingerprint density at radius 3 is 2.43 bits per heavy atom. The van der Waals surface area contributed by atoms with Crippen LogP contribution in [0.5, 0.6) is 17.2 Å². The number of ether oxygens (including phenoxy) is 4. The molecule has 0 spiro atoms. The topological polar surface area (TPSA) is 97.8 Å². The molecule has 2 aliphatic heterocycles. The number of Topliss-reactive ketones (excluding diaryl/α,β-unsaturated/α-hetero) is 1. The highest BCUT2D eigenvalue weighted by molar-refractivity contribution is 6.46. The third kappa shape index (κ3) is 5.42. The highest BCUT2D eigenvalue weighted by atomic mass is 16.5. The predicted octanol–water partition coefficient (Wildman–Crippen LogP) is 3.16. The van der Waals surface area contributed by atoms with Crippen molar-refractivity contribution < 1.29 is 33.6 Å². The van der Waals surface area contributed by atoms with E-state index < -0.39 is 17.7 Å². The number of benzene rings is 2. The van der Waals surface area contributed by atoms with Crippen LogP contribution in [0.1, 0.15) is 29.7 Å². The van der Waals surface area contributed by atoms with Gasteiger partial charge in [-0.3, -0.25) is 14.5 Å². The molecule has 0 saturated carbocycles. The van der Waals surface area contributed by atoms with Crippen molar-refractivity contribution in [2.24, 2.45) is 0 Å². The Balaban J connectivity index is 1.80. The Bertz CT molecular complexity index is 1190. The molecule has 9 heteroatoms. The summed E-state index contributed by atoms with van der Waals surface area (Å²) in [6, 6.07) is 9.73. The van der Waals surface area contributed by atoms with Crippen molar-refractivity contribution in [3.05, 3.63) is 58.7 Å². The largest absolute Gasteiger partial charge is 0.507 e. The van der Waals surface area contributed by atoms with Crippen LogP contribution in [-0.4, -0.2) is 86.8 Å². The van der Waals surface area contributed by atoms with Gasteiger partial charge in [0, 0.05) is 31.7 Å². The molecule has 0 aliphatic carbocycles. The number of likely N-dealkylation sites (tertiary alicyclic amines) is 1. The van der Waals surface area contributed by atoms with Gasteiger partial charge in [0.15, 0.2) is 11.5 Å². The van der Waals surface area contributed by atoms with Gasteiger partial charge in [-0.05, 0) is 55.3 Å². The van der Waals surface area contributed by atoms with Crippen LogP contribution in [0.3, 0.4) is 0 Å². The minimum absolute atomic E-state index is 0.0476. The first-order chi connectivity index (χ1) is 17.9. The fourth-order valence-corrected chi connectivity index (χ4v) is 4.83. The second kappa shape index (κ2) is 11.7. The van der Waals surface area contributed by atoms with Crippen molar-refractivity contribution in [1.29, 1.82) is 0 Å².